The van der Waals surface area contributed by atoms with E-state index >= 15 is 0 Å². The molecule has 7 nitrogen and oxygen atoms in total. The van der Waals surface area contributed by atoms with E-state index in [9.17, 15) is 19.5 Å². The van der Waals surface area contributed by atoms with Crippen LogP contribution in [0.4, 0.5) is 5.69 Å². The predicted octanol–water partition coefficient (Wildman–Crippen LogP) is 2.21. The van der Waals surface area contributed by atoms with Crippen molar-refractivity contribution in [2.45, 2.75) is 13.3 Å². The fourth-order valence-corrected chi connectivity index (χ4v) is 2.17. The topological polar surface area (TPSA) is 102 Å². The molecule has 2 aromatic carbocycles. The molecule has 0 atom stereocenters. The summed E-state index contributed by atoms with van der Waals surface area (Å²) in [7, 11) is 1.27. The van der Waals surface area contributed by atoms with E-state index in [-0.39, 0.29) is 12.2 Å². The van der Waals surface area contributed by atoms with E-state index in [0.717, 1.165) is 5.56 Å². The number of rotatable bonds is 6. The maximum absolute atomic E-state index is 12.0. The number of hydrogen-bond donors (Lipinski definition) is 2. The molecule has 2 rings (SSSR count). The summed E-state index contributed by atoms with van der Waals surface area (Å²) in [6.07, 6.45) is -0.00951. The highest BCUT2D eigenvalue weighted by atomic mass is 16.5. The molecule has 0 unspecified atom stereocenters. The Balaban J connectivity index is 1.89. The minimum Gasteiger partial charge on any atom is -0.508 e. The zero-order valence-electron chi connectivity index (χ0n) is 14.4. The Kier molecular flexibility index (Phi) is 6.32. The molecule has 136 valence electrons. The number of hydrogen-bond acceptors (Lipinski definition) is 6. The molecule has 2 aromatic rings. The Morgan fingerprint density at radius 3 is 2.42 bits per heavy atom. The lowest BCUT2D eigenvalue weighted by Crippen LogP contribution is -2.22. The molecule has 0 bridgehead atoms. The van der Waals surface area contributed by atoms with Crippen LogP contribution in [0, 0.1) is 6.92 Å². The van der Waals surface area contributed by atoms with Gasteiger partial charge in [0.1, 0.15) is 5.75 Å². The molecule has 0 aliphatic heterocycles. The van der Waals surface area contributed by atoms with E-state index in [0.29, 0.717) is 16.8 Å². The van der Waals surface area contributed by atoms with E-state index in [1.807, 2.05) is 0 Å². The fourth-order valence-electron chi connectivity index (χ4n) is 2.17. The van der Waals surface area contributed by atoms with Gasteiger partial charge in [-0.1, -0.05) is 18.2 Å². The maximum atomic E-state index is 12.0. The molecule has 0 aliphatic carbocycles. The number of phenolic OH excluding ortho intramolecular Hbond substituents is 1. The second-order valence-electron chi connectivity index (χ2n) is 5.57. The van der Waals surface area contributed by atoms with Gasteiger partial charge in [-0.25, -0.2) is 4.79 Å². The zero-order chi connectivity index (χ0) is 19.1. The van der Waals surface area contributed by atoms with Crippen molar-refractivity contribution in [3.63, 3.8) is 0 Å². The molecule has 0 saturated heterocycles. The van der Waals surface area contributed by atoms with Gasteiger partial charge in [0.05, 0.1) is 19.1 Å². The van der Waals surface area contributed by atoms with Crippen LogP contribution in [0.5, 0.6) is 5.75 Å². The van der Waals surface area contributed by atoms with E-state index in [1.165, 1.54) is 25.3 Å². The average molecular weight is 357 g/mol. The van der Waals surface area contributed by atoms with Crippen LogP contribution in [0.25, 0.3) is 0 Å². The molecule has 2 N–H and O–H groups in total. The molecule has 26 heavy (non-hydrogen) atoms. The van der Waals surface area contributed by atoms with Gasteiger partial charge >= 0.3 is 11.9 Å². The summed E-state index contributed by atoms with van der Waals surface area (Å²) in [6.45, 7) is 1.33. The van der Waals surface area contributed by atoms with Gasteiger partial charge in [0, 0.05) is 5.69 Å². The second kappa shape index (κ2) is 8.66. The maximum Gasteiger partial charge on any atom is 0.337 e. The van der Waals surface area contributed by atoms with Crippen molar-refractivity contribution in [3.8, 4) is 5.75 Å². The van der Waals surface area contributed by atoms with Crippen molar-refractivity contribution < 1.29 is 29.0 Å². The Labute approximate surface area is 150 Å². The summed E-state index contributed by atoms with van der Waals surface area (Å²) >= 11 is 0. The van der Waals surface area contributed by atoms with E-state index in [2.05, 4.69) is 10.1 Å². The number of benzene rings is 2. The molecule has 0 aromatic heterocycles. The van der Waals surface area contributed by atoms with Gasteiger partial charge in [-0.2, -0.15) is 0 Å². The Morgan fingerprint density at radius 1 is 1.08 bits per heavy atom. The monoisotopic (exact) mass is 357 g/mol. The standard InChI is InChI=1S/C19H19NO6/c1-12-3-6-14(19(24)25-2)10-16(12)20-17(22)11-26-18(23)9-13-4-7-15(21)8-5-13/h3-8,10,21H,9,11H2,1-2H3,(H,20,22). The Bertz CT molecular complexity index is 813. The predicted molar refractivity (Wildman–Crippen MR) is 93.9 cm³/mol. The van der Waals surface area contributed by atoms with Crippen LogP contribution in [0.2, 0.25) is 0 Å². The number of anilines is 1. The van der Waals surface area contributed by atoms with Crippen molar-refractivity contribution in [2.24, 2.45) is 0 Å². The van der Waals surface area contributed by atoms with Crippen LogP contribution in [-0.2, 0) is 25.5 Å². The van der Waals surface area contributed by atoms with Crippen molar-refractivity contribution in [2.75, 3.05) is 19.0 Å². The van der Waals surface area contributed by atoms with Crippen LogP contribution in [-0.4, -0.2) is 36.7 Å². The molecule has 0 fully saturated rings. The van der Waals surface area contributed by atoms with Gasteiger partial charge in [0.15, 0.2) is 6.61 Å². The number of aryl methyl sites for hydroxylation is 1. The van der Waals surface area contributed by atoms with E-state index < -0.39 is 24.5 Å². The summed E-state index contributed by atoms with van der Waals surface area (Å²) in [4.78, 5) is 35.3. The molecule has 0 saturated carbocycles. The van der Waals surface area contributed by atoms with Crippen LogP contribution in [0.1, 0.15) is 21.5 Å². The number of ether oxygens (including phenoxy) is 2. The van der Waals surface area contributed by atoms with Crippen molar-refractivity contribution in [3.05, 3.63) is 59.2 Å². The lowest BCUT2D eigenvalue weighted by atomic mass is 10.1. The van der Waals surface area contributed by atoms with E-state index in [1.54, 1.807) is 31.2 Å². The molecule has 0 radical (unpaired) electrons. The first kappa shape index (κ1) is 19.0. The lowest BCUT2D eigenvalue weighted by molar-refractivity contribution is -0.146. The third-order valence-electron chi connectivity index (χ3n) is 3.58. The summed E-state index contributed by atoms with van der Waals surface area (Å²) < 4.78 is 9.59. The highest BCUT2D eigenvalue weighted by Gasteiger charge is 2.12. The number of carbonyl (C=O) groups excluding carboxylic acids is 3. The van der Waals surface area contributed by atoms with Crippen LogP contribution in [0.15, 0.2) is 42.5 Å². The van der Waals surface area contributed by atoms with Gasteiger partial charge in [-0.05, 0) is 42.3 Å². The molecular formula is C19H19NO6. The largest absolute Gasteiger partial charge is 0.508 e. The van der Waals surface area contributed by atoms with Crippen LogP contribution < -0.4 is 5.32 Å². The van der Waals surface area contributed by atoms with Crippen molar-refractivity contribution >= 4 is 23.5 Å². The summed E-state index contributed by atoms with van der Waals surface area (Å²) in [5.74, 6) is -1.49. The first-order chi connectivity index (χ1) is 12.4. The molecule has 0 spiro atoms. The Hall–Kier alpha value is -3.35. The van der Waals surface area contributed by atoms with Gasteiger partial charge in [-0.15, -0.1) is 0 Å². The smallest absolute Gasteiger partial charge is 0.337 e. The molecule has 0 aliphatic rings. The number of aromatic hydroxyl groups is 1. The highest BCUT2D eigenvalue weighted by molar-refractivity contribution is 5.96. The second-order valence-corrected chi connectivity index (χ2v) is 5.57. The average Bonchev–Trinajstić information content (AvgIpc) is 2.63. The number of nitrogens with one attached hydrogen (secondary N) is 1. The van der Waals surface area contributed by atoms with Crippen LogP contribution in [0.3, 0.4) is 0 Å². The molecule has 7 heteroatoms. The molecule has 1 amide bonds. The first-order valence-electron chi connectivity index (χ1n) is 7.81. The van der Waals surface area contributed by atoms with Crippen molar-refractivity contribution in [1.29, 1.82) is 0 Å². The summed E-state index contributed by atoms with van der Waals surface area (Å²) in [5.41, 5.74) is 2.15. The third kappa shape index (κ3) is 5.34. The summed E-state index contributed by atoms with van der Waals surface area (Å²) in [5, 5.41) is 11.8. The number of methoxy groups -OCH3 is 1. The van der Waals surface area contributed by atoms with Gasteiger partial charge in [0.2, 0.25) is 0 Å². The number of carbonyl (C=O) groups is 3. The highest BCUT2D eigenvalue weighted by Crippen LogP contribution is 2.17. The summed E-state index contributed by atoms with van der Waals surface area (Å²) in [6, 6.07) is 10.9. The molecule has 0 heterocycles. The zero-order valence-corrected chi connectivity index (χ0v) is 14.4. The van der Waals surface area contributed by atoms with Gasteiger partial charge in [0.25, 0.3) is 5.91 Å². The first-order valence-corrected chi connectivity index (χ1v) is 7.81. The van der Waals surface area contributed by atoms with Crippen molar-refractivity contribution in [1.82, 2.24) is 0 Å². The SMILES string of the molecule is COC(=O)c1ccc(C)c(NC(=O)COC(=O)Cc2ccc(O)cc2)c1. The lowest BCUT2D eigenvalue weighted by Gasteiger charge is -2.10. The molecular weight excluding hydrogens is 338 g/mol. The minimum atomic E-state index is -0.564. The van der Waals surface area contributed by atoms with Crippen LogP contribution >= 0.6 is 0 Å². The fraction of sp³-hybridized carbons (Fsp3) is 0.211. The number of esters is 2. The number of phenols is 1. The normalized spacial score (nSPS) is 10.1. The number of amides is 1. The quantitative estimate of drug-likeness (QED) is 0.769. The Morgan fingerprint density at radius 2 is 1.77 bits per heavy atom. The third-order valence-corrected chi connectivity index (χ3v) is 3.58. The van der Waals surface area contributed by atoms with Gasteiger partial charge < -0.3 is 19.9 Å². The van der Waals surface area contributed by atoms with E-state index in [4.69, 9.17) is 4.74 Å². The minimum absolute atomic E-state index is 0.00951. The van der Waals surface area contributed by atoms with Gasteiger partial charge in [-0.3, -0.25) is 9.59 Å².